The molecule has 5 rings (SSSR count). The maximum Gasteiger partial charge on any atom is 0.253 e. The highest BCUT2D eigenvalue weighted by molar-refractivity contribution is 7.09. The zero-order valence-corrected chi connectivity index (χ0v) is 16.4. The van der Waals surface area contributed by atoms with Gasteiger partial charge in [-0.05, 0) is 36.5 Å². The third kappa shape index (κ3) is 3.24. The number of aromatic nitrogens is 4. The lowest BCUT2D eigenvalue weighted by molar-refractivity contribution is 0.100. The van der Waals surface area contributed by atoms with E-state index in [2.05, 4.69) is 27.2 Å². The molecule has 29 heavy (non-hydrogen) atoms. The Bertz CT molecular complexity index is 1200. The maximum absolute atomic E-state index is 11.7. The molecule has 0 atom stereocenters. The lowest BCUT2D eigenvalue weighted by Crippen LogP contribution is -2.27. The van der Waals surface area contributed by atoms with Gasteiger partial charge in [-0.2, -0.15) is 14.8 Å². The first-order valence-corrected chi connectivity index (χ1v) is 10.2. The van der Waals surface area contributed by atoms with Gasteiger partial charge in [-0.25, -0.2) is 4.98 Å². The second-order valence-electron chi connectivity index (χ2n) is 6.82. The molecule has 1 aromatic carbocycles. The number of hydrogen-bond acceptors (Lipinski definition) is 7. The van der Waals surface area contributed by atoms with Crippen LogP contribution in [0, 0.1) is 0 Å². The molecule has 8 nitrogen and oxygen atoms in total. The summed E-state index contributed by atoms with van der Waals surface area (Å²) in [5, 5.41) is 14.0. The number of anilines is 1. The Hall–Kier alpha value is -3.30. The Kier molecular flexibility index (Phi) is 4.45. The number of nitrogens with one attached hydrogen (secondary N) is 2. The molecule has 0 bridgehead atoms. The summed E-state index contributed by atoms with van der Waals surface area (Å²) in [5.41, 5.74) is 8.78. The summed E-state index contributed by atoms with van der Waals surface area (Å²) in [6.45, 7) is 2.29. The van der Waals surface area contributed by atoms with Crippen LogP contribution in [-0.2, 0) is 19.5 Å². The van der Waals surface area contributed by atoms with Crippen LogP contribution in [0.4, 0.5) is 5.82 Å². The summed E-state index contributed by atoms with van der Waals surface area (Å²) >= 11 is 1.71. The van der Waals surface area contributed by atoms with Crippen LogP contribution in [0.3, 0.4) is 0 Å². The molecule has 0 spiro atoms. The van der Waals surface area contributed by atoms with E-state index in [0.717, 1.165) is 35.6 Å². The predicted molar refractivity (Wildman–Crippen MR) is 112 cm³/mol. The van der Waals surface area contributed by atoms with Gasteiger partial charge in [-0.3, -0.25) is 4.79 Å². The summed E-state index contributed by atoms with van der Waals surface area (Å²) in [5.74, 6) is 0.816. The molecule has 0 aliphatic carbocycles. The van der Waals surface area contributed by atoms with E-state index in [9.17, 15) is 4.79 Å². The minimum Gasteiger partial charge on any atom is -0.366 e. The second-order valence-corrected chi connectivity index (χ2v) is 7.85. The summed E-state index contributed by atoms with van der Waals surface area (Å²) < 4.78 is 1.66. The number of benzene rings is 1. The van der Waals surface area contributed by atoms with Gasteiger partial charge in [0, 0.05) is 22.4 Å². The molecular weight excluding hydrogens is 386 g/mol. The summed E-state index contributed by atoms with van der Waals surface area (Å²) in [7, 11) is 0. The first kappa shape index (κ1) is 17.8. The molecule has 0 fully saturated rings. The topological polar surface area (TPSA) is 111 Å². The summed E-state index contributed by atoms with van der Waals surface area (Å²) in [4.78, 5) is 22.5. The van der Waals surface area contributed by atoms with Gasteiger partial charge in [0.15, 0.2) is 0 Å². The van der Waals surface area contributed by atoms with Crippen LogP contribution in [0.2, 0.25) is 0 Å². The van der Waals surface area contributed by atoms with Crippen LogP contribution in [0.25, 0.3) is 16.9 Å². The van der Waals surface area contributed by atoms with Crippen molar-refractivity contribution in [3.8, 4) is 5.95 Å². The van der Waals surface area contributed by atoms with Gasteiger partial charge in [0.2, 0.25) is 5.91 Å². The highest BCUT2D eigenvalue weighted by Crippen LogP contribution is 2.25. The Morgan fingerprint density at radius 2 is 2.21 bits per heavy atom. The van der Waals surface area contributed by atoms with Crippen molar-refractivity contribution in [1.29, 1.82) is 0 Å². The van der Waals surface area contributed by atoms with Crippen molar-refractivity contribution < 1.29 is 4.79 Å². The molecule has 1 aliphatic rings. The van der Waals surface area contributed by atoms with Crippen LogP contribution in [0.1, 0.15) is 26.5 Å². The van der Waals surface area contributed by atoms with Crippen LogP contribution in [0.5, 0.6) is 0 Å². The minimum atomic E-state index is -0.482. The first-order chi connectivity index (χ1) is 14.2. The van der Waals surface area contributed by atoms with Crippen molar-refractivity contribution in [3.63, 3.8) is 0 Å². The standard InChI is InChI=1S/C20H19N7OS/c21-18(28)13-4-1-5-17-15(13)10-24-27(17)20-25-16-11-22-7-6-14(16)19(26-20)23-9-12-3-2-8-29-12/h1-5,8,10,22H,6-7,9,11H2,(H2,21,28)(H,23,25,26). The monoisotopic (exact) mass is 405 g/mol. The molecule has 4 aromatic rings. The van der Waals surface area contributed by atoms with Crippen LogP contribution in [-0.4, -0.2) is 32.2 Å². The van der Waals surface area contributed by atoms with E-state index in [4.69, 9.17) is 15.7 Å². The van der Waals surface area contributed by atoms with Crippen LogP contribution in [0.15, 0.2) is 41.9 Å². The van der Waals surface area contributed by atoms with E-state index in [0.29, 0.717) is 30.0 Å². The molecule has 4 N–H and O–H groups in total. The van der Waals surface area contributed by atoms with Crippen molar-refractivity contribution in [2.75, 3.05) is 11.9 Å². The predicted octanol–water partition coefficient (Wildman–Crippen LogP) is 2.23. The average Bonchev–Trinajstić information content (AvgIpc) is 3.41. The third-order valence-electron chi connectivity index (χ3n) is 5.00. The molecule has 0 saturated carbocycles. The lowest BCUT2D eigenvalue weighted by atomic mass is 10.1. The highest BCUT2D eigenvalue weighted by atomic mass is 32.1. The number of nitrogens with zero attached hydrogens (tertiary/aromatic N) is 4. The number of carbonyl (C=O) groups is 1. The molecule has 1 aliphatic heterocycles. The fourth-order valence-corrected chi connectivity index (χ4v) is 4.24. The fraction of sp³-hybridized carbons (Fsp3) is 0.200. The molecule has 0 unspecified atom stereocenters. The van der Waals surface area contributed by atoms with E-state index in [1.165, 1.54) is 4.88 Å². The SMILES string of the molecule is NC(=O)c1cccc2c1cnn2-c1nc2c(c(NCc3cccs3)n1)CCNC2. The fourth-order valence-electron chi connectivity index (χ4n) is 3.60. The van der Waals surface area contributed by atoms with E-state index >= 15 is 0 Å². The summed E-state index contributed by atoms with van der Waals surface area (Å²) in [6, 6.07) is 9.51. The Balaban J connectivity index is 1.60. The van der Waals surface area contributed by atoms with Crippen molar-refractivity contribution in [3.05, 3.63) is 63.6 Å². The summed E-state index contributed by atoms with van der Waals surface area (Å²) in [6.07, 6.45) is 2.50. The van der Waals surface area contributed by atoms with Gasteiger partial charge < -0.3 is 16.4 Å². The van der Waals surface area contributed by atoms with Crippen LogP contribution >= 0.6 is 11.3 Å². The van der Waals surface area contributed by atoms with Crippen molar-refractivity contribution in [1.82, 2.24) is 25.1 Å². The molecule has 1 amide bonds. The number of rotatable bonds is 5. The third-order valence-corrected chi connectivity index (χ3v) is 5.88. The van der Waals surface area contributed by atoms with Gasteiger partial charge in [0.25, 0.3) is 5.95 Å². The van der Waals surface area contributed by atoms with Gasteiger partial charge in [0.05, 0.1) is 29.5 Å². The van der Waals surface area contributed by atoms with Crippen LogP contribution < -0.4 is 16.4 Å². The minimum absolute atomic E-state index is 0.435. The molecule has 146 valence electrons. The molecule has 0 radical (unpaired) electrons. The normalized spacial score (nSPS) is 13.4. The van der Waals surface area contributed by atoms with E-state index in [1.807, 2.05) is 12.1 Å². The quantitative estimate of drug-likeness (QED) is 0.470. The maximum atomic E-state index is 11.7. The van der Waals surface area contributed by atoms with Crippen molar-refractivity contribution in [2.24, 2.45) is 5.73 Å². The number of primary amides is 1. The molecule has 3 aromatic heterocycles. The number of nitrogens with two attached hydrogens (primary N) is 1. The average molecular weight is 405 g/mol. The number of carbonyl (C=O) groups excluding carboxylic acids is 1. The van der Waals surface area contributed by atoms with Gasteiger partial charge in [-0.1, -0.05) is 12.1 Å². The Morgan fingerprint density at radius 1 is 1.28 bits per heavy atom. The van der Waals surface area contributed by atoms with Crippen molar-refractivity contribution in [2.45, 2.75) is 19.5 Å². The van der Waals surface area contributed by atoms with Gasteiger partial charge >= 0.3 is 0 Å². The van der Waals surface area contributed by atoms with Crippen molar-refractivity contribution >= 4 is 34.0 Å². The number of fused-ring (bicyclic) bond motifs is 2. The van der Waals surface area contributed by atoms with Gasteiger partial charge in [-0.15, -0.1) is 11.3 Å². The number of amides is 1. The lowest BCUT2D eigenvalue weighted by Gasteiger charge is -2.20. The van der Waals surface area contributed by atoms with E-state index < -0.39 is 5.91 Å². The molecular formula is C20H19N7OS. The smallest absolute Gasteiger partial charge is 0.253 e. The number of thiophene rings is 1. The largest absolute Gasteiger partial charge is 0.366 e. The Labute approximate surface area is 170 Å². The molecule has 4 heterocycles. The highest BCUT2D eigenvalue weighted by Gasteiger charge is 2.20. The Morgan fingerprint density at radius 3 is 3.03 bits per heavy atom. The zero-order chi connectivity index (χ0) is 19.8. The molecule has 9 heteroatoms. The van der Waals surface area contributed by atoms with E-state index in [1.54, 1.807) is 34.3 Å². The first-order valence-electron chi connectivity index (χ1n) is 9.34. The number of hydrogen-bond donors (Lipinski definition) is 3. The van der Waals surface area contributed by atoms with Gasteiger partial charge in [0.1, 0.15) is 5.82 Å². The van der Waals surface area contributed by atoms with E-state index in [-0.39, 0.29) is 0 Å². The molecule has 0 saturated heterocycles. The second kappa shape index (κ2) is 7.26. The zero-order valence-electron chi connectivity index (χ0n) is 15.6.